The molecule has 2 amide bonds. The molecule has 0 bridgehead atoms. The van der Waals surface area contributed by atoms with Crippen LogP contribution in [0, 0.1) is 0 Å². The molecule has 1 aromatic heterocycles. The van der Waals surface area contributed by atoms with Crippen LogP contribution in [0.5, 0.6) is 0 Å². The fourth-order valence-corrected chi connectivity index (χ4v) is 3.06. The van der Waals surface area contributed by atoms with Crippen LogP contribution in [0.2, 0.25) is 0 Å². The third kappa shape index (κ3) is 3.58. The number of hydrogen-bond acceptors (Lipinski definition) is 4. The molecule has 1 saturated heterocycles. The second-order valence-electron chi connectivity index (χ2n) is 5.82. The van der Waals surface area contributed by atoms with Gasteiger partial charge in [-0.15, -0.1) is 11.3 Å². The Labute approximate surface area is 122 Å². The Kier molecular flexibility index (Phi) is 4.45. The van der Waals surface area contributed by atoms with E-state index in [1.807, 2.05) is 32.2 Å². The smallest absolute Gasteiger partial charge is 0.265 e. The van der Waals surface area contributed by atoms with Gasteiger partial charge in [-0.3, -0.25) is 9.59 Å². The van der Waals surface area contributed by atoms with Crippen LogP contribution >= 0.6 is 11.3 Å². The van der Waals surface area contributed by atoms with Crippen molar-refractivity contribution < 1.29 is 14.3 Å². The summed E-state index contributed by atoms with van der Waals surface area (Å²) in [5.41, 5.74) is -0.265. The molecule has 1 fully saturated rings. The van der Waals surface area contributed by atoms with Gasteiger partial charge in [0.2, 0.25) is 6.41 Å². The number of amides is 2. The predicted octanol–water partition coefficient (Wildman–Crippen LogP) is 1.85. The van der Waals surface area contributed by atoms with Crippen LogP contribution in [0.3, 0.4) is 0 Å². The van der Waals surface area contributed by atoms with E-state index >= 15 is 0 Å². The molecule has 0 saturated carbocycles. The topological polar surface area (TPSA) is 58.6 Å². The average Bonchev–Trinajstić information content (AvgIpc) is 2.96. The molecule has 2 heterocycles. The zero-order valence-corrected chi connectivity index (χ0v) is 12.8. The van der Waals surface area contributed by atoms with E-state index in [4.69, 9.17) is 4.74 Å². The Hall–Kier alpha value is -1.40. The van der Waals surface area contributed by atoms with E-state index in [0.29, 0.717) is 24.3 Å². The number of nitrogens with zero attached hydrogens (tertiary/aromatic N) is 1. The Morgan fingerprint density at radius 2 is 2.30 bits per heavy atom. The minimum Gasteiger partial charge on any atom is -0.371 e. The van der Waals surface area contributed by atoms with Crippen molar-refractivity contribution in [3.8, 4) is 0 Å². The van der Waals surface area contributed by atoms with Gasteiger partial charge in [-0.05, 0) is 32.2 Å². The predicted molar refractivity (Wildman–Crippen MR) is 77.6 cm³/mol. The van der Waals surface area contributed by atoms with Crippen molar-refractivity contribution >= 4 is 23.7 Å². The third-order valence-corrected chi connectivity index (χ3v) is 3.89. The molecule has 2 atom stereocenters. The van der Waals surface area contributed by atoms with Crippen molar-refractivity contribution in [1.29, 1.82) is 0 Å². The van der Waals surface area contributed by atoms with E-state index in [-0.39, 0.29) is 23.8 Å². The summed E-state index contributed by atoms with van der Waals surface area (Å²) < 4.78 is 5.93. The van der Waals surface area contributed by atoms with Gasteiger partial charge in [-0.25, -0.2) is 0 Å². The second-order valence-corrected chi connectivity index (χ2v) is 6.77. The molecule has 1 aromatic rings. The molecule has 5 nitrogen and oxygen atoms in total. The van der Waals surface area contributed by atoms with Crippen molar-refractivity contribution in [2.24, 2.45) is 0 Å². The fraction of sp³-hybridized carbons (Fsp3) is 0.571. The molecule has 6 heteroatoms. The number of likely N-dealkylation sites (tertiary alicyclic amines) is 1. The normalized spacial score (nSPS) is 22.9. The summed E-state index contributed by atoms with van der Waals surface area (Å²) in [5, 5.41) is 4.57. The zero-order valence-electron chi connectivity index (χ0n) is 12.0. The van der Waals surface area contributed by atoms with Crippen LogP contribution in [0.1, 0.15) is 36.9 Å². The van der Waals surface area contributed by atoms with Gasteiger partial charge in [0, 0.05) is 13.0 Å². The number of carbonyl (C=O) groups excluding carboxylic acids is 2. The van der Waals surface area contributed by atoms with Gasteiger partial charge in [0.15, 0.2) is 0 Å². The Morgan fingerprint density at radius 1 is 1.55 bits per heavy atom. The Bertz CT molecular complexity index is 467. The van der Waals surface area contributed by atoms with E-state index in [1.165, 1.54) is 11.3 Å². The Balaban J connectivity index is 2.09. The summed E-state index contributed by atoms with van der Waals surface area (Å²) >= 11 is 1.40. The van der Waals surface area contributed by atoms with Gasteiger partial charge in [-0.2, -0.15) is 0 Å². The molecule has 0 aliphatic carbocycles. The van der Waals surface area contributed by atoms with Crippen LogP contribution in [-0.4, -0.2) is 41.6 Å². The van der Waals surface area contributed by atoms with E-state index in [1.54, 1.807) is 11.0 Å². The van der Waals surface area contributed by atoms with Crippen LogP contribution in [-0.2, 0) is 9.53 Å². The molecule has 2 rings (SSSR count). The number of carbonyl (C=O) groups is 2. The summed E-state index contributed by atoms with van der Waals surface area (Å²) in [7, 11) is 0. The van der Waals surface area contributed by atoms with Crippen molar-refractivity contribution in [2.45, 2.75) is 45.1 Å². The van der Waals surface area contributed by atoms with E-state index in [9.17, 15) is 9.59 Å². The second kappa shape index (κ2) is 5.93. The fourth-order valence-electron chi connectivity index (χ4n) is 2.39. The monoisotopic (exact) mass is 296 g/mol. The highest BCUT2D eigenvalue weighted by Crippen LogP contribution is 2.25. The molecular formula is C14H20N2O3S. The van der Waals surface area contributed by atoms with E-state index in [2.05, 4.69) is 5.32 Å². The summed E-state index contributed by atoms with van der Waals surface area (Å²) in [6, 6.07) is 3.64. The minimum absolute atomic E-state index is 0.0561. The number of thiophene rings is 1. The lowest BCUT2D eigenvalue weighted by Gasteiger charge is -2.25. The number of ether oxygens (including phenoxy) is 1. The largest absolute Gasteiger partial charge is 0.371 e. The first-order chi connectivity index (χ1) is 9.40. The SMILES string of the molecule is CC(C)(C)OC1CC(NC=O)N(C(=O)c2cccs2)C1. The molecule has 1 N–H and O–H groups in total. The van der Waals surface area contributed by atoms with Gasteiger partial charge in [0.1, 0.15) is 6.17 Å². The first-order valence-corrected chi connectivity index (χ1v) is 7.50. The standard InChI is InChI=1S/C14H20N2O3S/c1-14(2,3)19-10-7-12(15-9-17)16(8-10)13(18)11-5-4-6-20-11/h4-6,9-10,12H,7-8H2,1-3H3,(H,15,17). The quantitative estimate of drug-likeness (QED) is 0.863. The highest BCUT2D eigenvalue weighted by molar-refractivity contribution is 7.12. The summed E-state index contributed by atoms with van der Waals surface area (Å²) in [4.78, 5) is 25.5. The Morgan fingerprint density at radius 3 is 2.85 bits per heavy atom. The van der Waals surface area contributed by atoms with Crippen molar-refractivity contribution in [2.75, 3.05) is 6.54 Å². The first-order valence-electron chi connectivity index (χ1n) is 6.62. The summed E-state index contributed by atoms with van der Waals surface area (Å²) in [5.74, 6) is -0.0561. The van der Waals surface area contributed by atoms with E-state index < -0.39 is 0 Å². The van der Waals surface area contributed by atoms with Gasteiger partial charge < -0.3 is 15.0 Å². The third-order valence-electron chi connectivity index (χ3n) is 3.04. The molecule has 2 unspecified atom stereocenters. The van der Waals surface area contributed by atoms with Gasteiger partial charge in [0.25, 0.3) is 5.91 Å². The van der Waals surface area contributed by atoms with Crippen LogP contribution < -0.4 is 5.32 Å². The summed E-state index contributed by atoms with van der Waals surface area (Å²) in [6.45, 7) is 6.45. The lowest BCUT2D eigenvalue weighted by molar-refractivity contribution is -0.110. The number of rotatable bonds is 4. The van der Waals surface area contributed by atoms with Crippen molar-refractivity contribution in [3.05, 3.63) is 22.4 Å². The maximum atomic E-state index is 12.4. The van der Waals surface area contributed by atoms with Crippen molar-refractivity contribution in [1.82, 2.24) is 10.2 Å². The van der Waals surface area contributed by atoms with Crippen molar-refractivity contribution in [3.63, 3.8) is 0 Å². The molecule has 0 radical (unpaired) electrons. The highest BCUT2D eigenvalue weighted by atomic mass is 32.1. The minimum atomic E-state index is -0.297. The van der Waals surface area contributed by atoms with Crippen LogP contribution in [0.15, 0.2) is 17.5 Å². The molecule has 1 aliphatic rings. The highest BCUT2D eigenvalue weighted by Gasteiger charge is 2.37. The lowest BCUT2D eigenvalue weighted by Crippen LogP contribution is -2.43. The van der Waals surface area contributed by atoms with E-state index in [0.717, 1.165) is 0 Å². The number of hydrogen-bond donors (Lipinski definition) is 1. The zero-order chi connectivity index (χ0) is 14.8. The maximum absolute atomic E-state index is 12.4. The molecular weight excluding hydrogens is 276 g/mol. The maximum Gasteiger partial charge on any atom is 0.265 e. The molecule has 0 aromatic carbocycles. The first kappa shape index (κ1) is 15.0. The lowest BCUT2D eigenvalue weighted by atomic mass is 10.1. The van der Waals surface area contributed by atoms with Crippen LogP contribution in [0.4, 0.5) is 0 Å². The van der Waals surface area contributed by atoms with Gasteiger partial charge in [-0.1, -0.05) is 6.07 Å². The average molecular weight is 296 g/mol. The summed E-state index contributed by atoms with van der Waals surface area (Å²) in [6.07, 6.45) is 0.900. The van der Waals surface area contributed by atoms with Gasteiger partial charge >= 0.3 is 0 Å². The van der Waals surface area contributed by atoms with Gasteiger partial charge in [0.05, 0.1) is 16.6 Å². The molecule has 0 spiro atoms. The molecule has 110 valence electrons. The molecule has 20 heavy (non-hydrogen) atoms. The van der Waals surface area contributed by atoms with Crippen LogP contribution in [0.25, 0.3) is 0 Å². The molecule has 1 aliphatic heterocycles. The number of nitrogens with one attached hydrogen (secondary N) is 1.